The van der Waals surface area contributed by atoms with Crippen molar-refractivity contribution in [1.29, 1.82) is 0 Å². The van der Waals surface area contributed by atoms with Crippen LogP contribution in [-0.2, 0) is 20.9 Å². The molecule has 0 saturated heterocycles. The van der Waals surface area contributed by atoms with Gasteiger partial charge < -0.3 is 9.47 Å². The van der Waals surface area contributed by atoms with Crippen LogP contribution in [0.5, 0.6) is 0 Å². The van der Waals surface area contributed by atoms with E-state index in [9.17, 15) is 4.79 Å². The quantitative estimate of drug-likeness (QED) is 0.694. The summed E-state index contributed by atoms with van der Waals surface area (Å²) in [6.07, 6.45) is 0.323. The maximum atomic E-state index is 11.4. The number of hydrogen-bond donors (Lipinski definition) is 0. The van der Waals surface area contributed by atoms with E-state index in [0.717, 1.165) is 12.0 Å². The highest BCUT2D eigenvalue weighted by atomic mass is 16.6. The monoisotopic (exact) mass is 222 g/mol. The molecule has 0 spiro atoms. The van der Waals surface area contributed by atoms with Crippen molar-refractivity contribution in [3.05, 3.63) is 35.9 Å². The van der Waals surface area contributed by atoms with Crippen LogP contribution in [0.25, 0.3) is 0 Å². The Labute approximate surface area is 96.4 Å². The first-order chi connectivity index (χ1) is 7.74. The van der Waals surface area contributed by atoms with Crippen molar-refractivity contribution >= 4 is 5.97 Å². The zero-order valence-corrected chi connectivity index (χ0v) is 9.81. The standard InChI is InChI=1S/C13H18O3/c1-3-9-15-13(14)11(2)16-10-12-7-5-4-6-8-12/h4-8,11H,3,9-10H2,1-2H3. The van der Waals surface area contributed by atoms with Crippen LogP contribution in [0, 0.1) is 0 Å². The fraction of sp³-hybridized carbons (Fsp3) is 0.462. The fourth-order valence-electron chi connectivity index (χ4n) is 1.18. The summed E-state index contributed by atoms with van der Waals surface area (Å²) >= 11 is 0. The van der Waals surface area contributed by atoms with E-state index in [1.807, 2.05) is 37.3 Å². The molecule has 0 aromatic heterocycles. The second kappa shape index (κ2) is 7.01. The molecule has 1 aromatic carbocycles. The summed E-state index contributed by atoms with van der Waals surface area (Å²) in [4.78, 5) is 11.4. The molecule has 3 heteroatoms. The number of carbonyl (C=O) groups is 1. The van der Waals surface area contributed by atoms with E-state index >= 15 is 0 Å². The van der Waals surface area contributed by atoms with Gasteiger partial charge in [0.05, 0.1) is 13.2 Å². The van der Waals surface area contributed by atoms with E-state index in [0.29, 0.717) is 13.2 Å². The molecular weight excluding hydrogens is 204 g/mol. The average Bonchev–Trinajstić information content (AvgIpc) is 2.34. The summed E-state index contributed by atoms with van der Waals surface area (Å²) in [6, 6.07) is 9.76. The summed E-state index contributed by atoms with van der Waals surface area (Å²) < 4.78 is 10.4. The summed E-state index contributed by atoms with van der Waals surface area (Å²) in [5.41, 5.74) is 1.05. The lowest BCUT2D eigenvalue weighted by atomic mass is 10.2. The average molecular weight is 222 g/mol. The highest BCUT2D eigenvalue weighted by Crippen LogP contribution is 2.04. The van der Waals surface area contributed by atoms with Crippen molar-refractivity contribution in [2.75, 3.05) is 6.61 Å². The van der Waals surface area contributed by atoms with E-state index in [4.69, 9.17) is 9.47 Å². The topological polar surface area (TPSA) is 35.5 Å². The Morgan fingerprint density at radius 3 is 2.62 bits per heavy atom. The van der Waals surface area contributed by atoms with Crippen molar-refractivity contribution in [3.63, 3.8) is 0 Å². The molecular formula is C13H18O3. The SMILES string of the molecule is CCCOC(=O)C(C)OCc1ccccc1. The first-order valence-corrected chi connectivity index (χ1v) is 5.56. The van der Waals surface area contributed by atoms with Crippen LogP contribution in [0.2, 0.25) is 0 Å². The van der Waals surface area contributed by atoms with Gasteiger partial charge in [-0.15, -0.1) is 0 Å². The lowest BCUT2D eigenvalue weighted by Crippen LogP contribution is -2.23. The maximum absolute atomic E-state index is 11.4. The van der Waals surface area contributed by atoms with Crippen molar-refractivity contribution in [2.24, 2.45) is 0 Å². The molecule has 0 aliphatic heterocycles. The Bertz CT molecular complexity index is 308. The number of ether oxygens (including phenoxy) is 2. The van der Waals surface area contributed by atoms with Crippen molar-refractivity contribution in [2.45, 2.75) is 33.0 Å². The molecule has 88 valence electrons. The molecule has 0 aliphatic rings. The van der Waals surface area contributed by atoms with E-state index in [1.165, 1.54) is 0 Å². The Balaban J connectivity index is 2.29. The van der Waals surface area contributed by atoms with Gasteiger partial charge in [-0.2, -0.15) is 0 Å². The van der Waals surface area contributed by atoms with Crippen LogP contribution in [-0.4, -0.2) is 18.7 Å². The Morgan fingerprint density at radius 1 is 1.31 bits per heavy atom. The van der Waals surface area contributed by atoms with E-state index in [2.05, 4.69) is 0 Å². The normalized spacial score (nSPS) is 12.1. The van der Waals surface area contributed by atoms with Gasteiger partial charge in [0.2, 0.25) is 0 Å². The molecule has 0 fully saturated rings. The summed E-state index contributed by atoms with van der Waals surface area (Å²) in [6.45, 7) is 4.56. The number of hydrogen-bond acceptors (Lipinski definition) is 3. The third-order valence-corrected chi connectivity index (χ3v) is 2.12. The van der Waals surface area contributed by atoms with Crippen molar-refractivity contribution in [1.82, 2.24) is 0 Å². The van der Waals surface area contributed by atoms with Crippen LogP contribution in [0.4, 0.5) is 0 Å². The molecule has 3 nitrogen and oxygen atoms in total. The minimum absolute atomic E-state index is 0.294. The molecule has 1 aromatic rings. The van der Waals surface area contributed by atoms with Crippen molar-refractivity contribution in [3.8, 4) is 0 Å². The van der Waals surface area contributed by atoms with Gasteiger partial charge in [-0.05, 0) is 18.9 Å². The molecule has 0 aliphatic carbocycles. The Hall–Kier alpha value is -1.35. The van der Waals surface area contributed by atoms with Crippen LogP contribution in [0.1, 0.15) is 25.8 Å². The minimum atomic E-state index is -0.508. The maximum Gasteiger partial charge on any atom is 0.334 e. The smallest absolute Gasteiger partial charge is 0.334 e. The largest absolute Gasteiger partial charge is 0.464 e. The first-order valence-electron chi connectivity index (χ1n) is 5.56. The fourth-order valence-corrected chi connectivity index (χ4v) is 1.18. The summed E-state index contributed by atoms with van der Waals surface area (Å²) in [5, 5.41) is 0. The Morgan fingerprint density at radius 2 is 2.00 bits per heavy atom. The highest BCUT2D eigenvalue weighted by molar-refractivity contribution is 5.74. The lowest BCUT2D eigenvalue weighted by Gasteiger charge is -2.12. The van der Waals surface area contributed by atoms with Gasteiger partial charge in [0.15, 0.2) is 6.10 Å². The second-order valence-electron chi connectivity index (χ2n) is 3.61. The zero-order chi connectivity index (χ0) is 11.8. The highest BCUT2D eigenvalue weighted by Gasteiger charge is 2.14. The lowest BCUT2D eigenvalue weighted by molar-refractivity contribution is -0.156. The summed E-state index contributed by atoms with van der Waals surface area (Å²) in [5.74, 6) is -0.294. The predicted octanol–water partition coefficient (Wildman–Crippen LogP) is 2.54. The van der Waals surface area contributed by atoms with Gasteiger partial charge in [0, 0.05) is 0 Å². The molecule has 0 radical (unpaired) electrons. The molecule has 1 atom stereocenters. The minimum Gasteiger partial charge on any atom is -0.464 e. The van der Waals surface area contributed by atoms with Gasteiger partial charge in [-0.3, -0.25) is 0 Å². The number of carbonyl (C=O) groups excluding carboxylic acids is 1. The van der Waals surface area contributed by atoms with E-state index in [1.54, 1.807) is 6.92 Å². The molecule has 0 bridgehead atoms. The molecule has 16 heavy (non-hydrogen) atoms. The van der Waals surface area contributed by atoms with Crippen LogP contribution in [0.15, 0.2) is 30.3 Å². The molecule has 1 rings (SSSR count). The third kappa shape index (κ3) is 4.45. The predicted molar refractivity (Wildman–Crippen MR) is 61.9 cm³/mol. The third-order valence-electron chi connectivity index (χ3n) is 2.12. The van der Waals surface area contributed by atoms with Gasteiger partial charge in [-0.1, -0.05) is 37.3 Å². The molecule has 1 unspecified atom stereocenters. The molecule has 0 saturated carbocycles. The first kappa shape index (κ1) is 12.7. The van der Waals surface area contributed by atoms with Crippen molar-refractivity contribution < 1.29 is 14.3 Å². The zero-order valence-electron chi connectivity index (χ0n) is 9.81. The number of benzene rings is 1. The van der Waals surface area contributed by atoms with E-state index < -0.39 is 6.10 Å². The van der Waals surface area contributed by atoms with Gasteiger partial charge in [-0.25, -0.2) is 4.79 Å². The van der Waals surface area contributed by atoms with E-state index in [-0.39, 0.29) is 5.97 Å². The van der Waals surface area contributed by atoms with Gasteiger partial charge in [0.1, 0.15) is 0 Å². The summed E-state index contributed by atoms with van der Waals surface area (Å²) in [7, 11) is 0. The van der Waals surface area contributed by atoms with Gasteiger partial charge >= 0.3 is 5.97 Å². The Kier molecular flexibility index (Phi) is 5.57. The van der Waals surface area contributed by atoms with Crippen LogP contribution < -0.4 is 0 Å². The van der Waals surface area contributed by atoms with Crippen LogP contribution >= 0.6 is 0 Å². The molecule has 0 amide bonds. The molecule has 0 heterocycles. The number of rotatable bonds is 6. The number of esters is 1. The molecule has 0 N–H and O–H groups in total. The second-order valence-corrected chi connectivity index (χ2v) is 3.61. The van der Waals surface area contributed by atoms with Crippen LogP contribution in [0.3, 0.4) is 0 Å². The van der Waals surface area contributed by atoms with Gasteiger partial charge in [0.25, 0.3) is 0 Å².